The zero-order valence-corrected chi connectivity index (χ0v) is 63.7. The molecule has 4 amide bonds. The third kappa shape index (κ3) is 19.9. The van der Waals surface area contributed by atoms with Crippen LogP contribution in [0.4, 0.5) is 45.5 Å². The summed E-state index contributed by atoms with van der Waals surface area (Å²) in [6.45, 7) is 12.2. The van der Waals surface area contributed by atoms with Crippen molar-refractivity contribution in [3.63, 3.8) is 0 Å². The fourth-order valence-electron chi connectivity index (χ4n) is 16.7. The predicted molar refractivity (Wildman–Crippen MR) is 396 cm³/mol. The summed E-state index contributed by atoms with van der Waals surface area (Å²) in [7, 11) is 1.63. The van der Waals surface area contributed by atoms with Crippen molar-refractivity contribution in [1.29, 1.82) is 5.26 Å². The summed E-state index contributed by atoms with van der Waals surface area (Å²) in [5.74, 6) is -0.990. The van der Waals surface area contributed by atoms with E-state index in [9.17, 15) is 73.4 Å². The number of fused-ring (bicyclic) bond motifs is 3. The number of hydrogen-bond donors (Lipinski definition) is 6. The third-order valence-electron chi connectivity index (χ3n) is 21.6. The van der Waals surface area contributed by atoms with Crippen molar-refractivity contribution in [1.82, 2.24) is 68.8 Å². The molecule has 36 heteroatoms. The van der Waals surface area contributed by atoms with Crippen LogP contribution in [0, 0.1) is 76.8 Å². The largest absolute Gasteiger partial charge is 0.451 e. The first-order valence-corrected chi connectivity index (χ1v) is 37.7. The number of nitrogens with zero attached hydrogens (tertiary/aromatic N) is 14. The number of carbonyl (C=O) groups is 4. The summed E-state index contributed by atoms with van der Waals surface area (Å²) in [5.41, 5.74) is 18.0. The van der Waals surface area contributed by atoms with E-state index in [1.54, 1.807) is 23.4 Å². The van der Waals surface area contributed by atoms with Crippen LogP contribution in [0.5, 0.6) is 0 Å². The average molecular weight is 1580 g/mol. The highest BCUT2D eigenvalue weighted by Crippen LogP contribution is 2.57. The van der Waals surface area contributed by atoms with E-state index in [1.807, 2.05) is 52.0 Å². The lowest BCUT2D eigenvalue weighted by Gasteiger charge is -2.60. The van der Waals surface area contributed by atoms with Crippen molar-refractivity contribution in [3.8, 4) is 17.9 Å². The van der Waals surface area contributed by atoms with Crippen LogP contribution in [0.25, 0.3) is 22.1 Å². The number of alkyl halides is 3. The number of likely N-dealkylation sites (tertiary alicyclic amines) is 1. The quantitative estimate of drug-likeness (QED) is 0.0354. The van der Waals surface area contributed by atoms with Gasteiger partial charge in [0.2, 0.25) is 35.4 Å². The molecule has 4 aromatic heterocycles. The average Bonchev–Trinajstić information content (AvgIpc) is 1.72. The van der Waals surface area contributed by atoms with Crippen LogP contribution < -0.4 is 44.0 Å². The standard InChI is InChI=1S/C25H28N8O2.C19H26F3N3O3.C17H25N3O2.C16H15F6N5O/c1-4-5-13-32-21-22(29-24(32)31-12-8-9-17(26)14-31)30(3)25(35)33(23(21)34)15-20-27-16(2)18-10-6-7-11-19(18)28-20;1-19(2,3)28-10-16-18(27)24-4-5-25(16)17(26)8-12(23)6-11-7-14(21)15(22)9-13(11)20;18-9-14-2-1-3-20(14)15(21)10-19-16-5-12-4-13(6-16)8-17(22,7-12)11-16;17-10-6-12(19)11(18)4-8(10)3-9(23)5-14(28)26-1-2-27-13(7-26)24-25-15(27)16(20,21)22/h6-7,10-11,17H,8-9,12-15,26H2,1-3H3;7,9,12,16H,4-6,8,10,23H2,1-3H3,(H,24,27);12-14,19,22H,1-8,10-11H2;4,6,9H,1-3,5,7,23H2/t17-;12-,16-;12?,13?,14-,16?,17?;9-/m1101/s1. The maximum atomic E-state index is 13.8. The normalized spacial score (nSPS) is 22.4. The molecular weight excluding hydrogens is 1490 g/mol. The van der Waals surface area contributed by atoms with Crippen molar-refractivity contribution >= 4 is 51.6 Å². The lowest BCUT2D eigenvalue weighted by molar-refractivity contribution is -0.148. The van der Waals surface area contributed by atoms with Gasteiger partial charge in [-0.25, -0.2) is 41.1 Å². The molecule has 113 heavy (non-hydrogen) atoms. The SMILES string of the molecule is CC#CCn1c(N2CCC[C@@H](N)C2)nc2c1c(=O)n(Cc1nc(C)c3ccccc3n1)c(=O)n2C.CC(C)(C)OC[C@@H]1C(=O)NCCN1C(=O)C[C@H](N)Cc1cc(F)c(F)cc1F.N#C[C@@H]1CCCN1C(=O)CNC12CC3CC(CC(O)(C3)C1)C2.N[C@@H](CC(=O)N1CCn2c(nnc2C(F)(F)F)C1)Cc1cc(F)c(F)cc1F. The number of nitriles is 1. The zero-order valence-electron chi connectivity index (χ0n) is 63.7. The number of nitrogens with two attached hydrogens (primary N) is 3. The van der Waals surface area contributed by atoms with E-state index in [4.69, 9.17) is 32.2 Å². The molecule has 608 valence electrons. The number of hydrogen-bond acceptors (Lipinski definition) is 19. The Kier molecular flexibility index (Phi) is 25.9. The molecule has 7 fully saturated rings. The van der Waals surface area contributed by atoms with Gasteiger partial charge in [-0.3, -0.25) is 37.7 Å². The van der Waals surface area contributed by atoms with Crippen LogP contribution >= 0.6 is 0 Å². The highest BCUT2D eigenvalue weighted by atomic mass is 19.4. The van der Waals surface area contributed by atoms with E-state index >= 15 is 0 Å². The van der Waals surface area contributed by atoms with Crippen molar-refractivity contribution in [2.45, 2.75) is 204 Å². The Balaban J connectivity index is 0.000000151. The van der Waals surface area contributed by atoms with Crippen LogP contribution in [0.2, 0.25) is 0 Å². The number of halogens is 9. The van der Waals surface area contributed by atoms with E-state index in [2.05, 4.69) is 53.6 Å². The van der Waals surface area contributed by atoms with Gasteiger partial charge < -0.3 is 61.8 Å². The summed E-state index contributed by atoms with van der Waals surface area (Å²) in [4.78, 5) is 97.0. The van der Waals surface area contributed by atoms with Gasteiger partial charge in [0.15, 0.2) is 40.3 Å². The molecule has 0 radical (unpaired) electrons. The minimum absolute atomic E-state index is 0.000783. The number of piperazine rings is 1. The second-order valence-corrected chi connectivity index (χ2v) is 31.4. The van der Waals surface area contributed by atoms with Gasteiger partial charge >= 0.3 is 11.9 Å². The molecule has 7 atom stereocenters. The predicted octanol–water partition coefficient (Wildman–Crippen LogP) is 5.84. The molecule has 2 unspecified atom stereocenters. The van der Waals surface area contributed by atoms with Gasteiger partial charge in [0.1, 0.15) is 29.5 Å². The fraction of sp³-hybridized carbons (Fsp3) is 0.558. The van der Waals surface area contributed by atoms with Gasteiger partial charge in [-0.05, 0) is 153 Å². The summed E-state index contributed by atoms with van der Waals surface area (Å²) in [5, 5.41) is 33.6. The molecule has 7 aromatic rings. The molecule has 3 aromatic carbocycles. The molecule has 4 bridgehead atoms. The maximum absolute atomic E-state index is 13.8. The molecule has 4 aliphatic carbocycles. The van der Waals surface area contributed by atoms with Gasteiger partial charge in [-0.1, -0.05) is 24.1 Å². The number of nitrogens with one attached hydrogen (secondary N) is 2. The number of anilines is 1. The van der Waals surface area contributed by atoms with Crippen LogP contribution in [-0.2, 0) is 76.2 Å². The van der Waals surface area contributed by atoms with Gasteiger partial charge in [-0.15, -0.1) is 16.1 Å². The van der Waals surface area contributed by atoms with Gasteiger partial charge in [0.05, 0.1) is 55.6 Å². The van der Waals surface area contributed by atoms with Crippen LogP contribution in [0.3, 0.4) is 0 Å². The maximum Gasteiger partial charge on any atom is 0.451 e. The number of aliphatic hydroxyl groups is 1. The number of aryl methyl sites for hydroxylation is 2. The summed E-state index contributed by atoms with van der Waals surface area (Å²) in [6, 6.07) is 9.47. The monoisotopic (exact) mass is 1580 g/mol. The topological polar surface area (TPSA) is 355 Å². The molecule has 8 aliphatic rings. The van der Waals surface area contributed by atoms with E-state index in [0.29, 0.717) is 85.7 Å². The number of amides is 4. The van der Waals surface area contributed by atoms with Crippen LogP contribution in [0.15, 0.2) is 58.1 Å². The molecule has 8 heterocycles. The number of carbonyl (C=O) groups excluding carboxylic acids is 4. The van der Waals surface area contributed by atoms with Crippen molar-refractivity contribution in [3.05, 3.63) is 139 Å². The Morgan fingerprint density at radius 1 is 0.788 bits per heavy atom. The Morgan fingerprint density at radius 3 is 2.04 bits per heavy atom. The molecule has 4 aliphatic heterocycles. The second-order valence-electron chi connectivity index (χ2n) is 31.4. The minimum Gasteiger partial charge on any atom is -0.390 e. The first kappa shape index (κ1) is 84.1. The van der Waals surface area contributed by atoms with Crippen molar-refractivity contribution < 1.29 is 68.5 Å². The van der Waals surface area contributed by atoms with Crippen LogP contribution in [-0.4, -0.2) is 186 Å². The van der Waals surface area contributed by atoms with Gasteiger partial charge in [0.25, 0.3) is 5.56 Å². The number of aromatic nitrogens is 9. The summed E-state index contributed by atoms with van der Waals surface area (Å²) < 4.78 is 129. The highest BCUT2D eigenvalue weighted by molar-refractivity contribution is 5.89. The second kappa shape index (κ2) is 34.9. The zero-order chi connectivity index (χ0) is 81.8. The Labute approximate surface area is 645 Å². The molecule has 4 saturated carbocycles. The Bertz CT molecular complexity index is 4930. The molecule has 15 rings (SSSR count). The number of rotatable bonds is 17. The van der Waals surface area contributed by atoms with Gasteiger partial charge in [0, 0.05) is 113 Å². The first-order chi connectivity index (χ1) is 53.4. The molecule has 27 nitrogen and oxygen atoms in total. The summed E-state index contributed by atoms with van der Waals surface area (Å²) >= 11 is 0. The number of piperidine rings is 1. The highest BCUT2D eigenvalue weighted by Gasteiger charge is 2.57. The summed E-state index contributed by atoms with van der Waals surface area (Å²) in [6.07, 6.45) is 4.34. The van der Waals surface area contributed by atoms with E-state index < -0.39 is 93.4 Å². The van der Waals surface area contributed by atoms with E-state index in [0.717, 1.165) is 91.6 Å². The Morgan fingerprint density at radius 2 is 1.42 bits per heavy atom. The number of para-hydroxylation sites is 1. The lowest BCUT2D eigenvalue weighted by Crippen LogP contribution is -2.65. The third-order valence-corrected chi connectivity index (χ3v) is 21.6. The minimum atomic E-state index is -4.64. The molecular formula is C77H94F9N19O8. The van der Waals surface area contributed by atoms with Crippen molar-refractivity contribution in [2.24, 2.45) is 36.1 Å². The van der Waals surface area contributed by atoms with E-state index in [1.165, 1.54) is 25.4 Å². The first-order valence-electron chi connectivity index (χ1n) is 37.7. The Hall–Kier alpha value is -9.85. The lowest BCUT2D eigenvalue weighted by atomic mass is 9.51. The van der Waals surface area contributed by atoms with Crippen molar-refractivity contribution in [2.75, 3.05) is 57.3 Å². The molecule has 3 saturated heterocycles. The number of benzene rings is 3. The van der Waals surface area contributed by atoms with Gasteiger partial charge in [-0.2, -0.15) is 23.4 Å². The molecule has 0 spiro atoms. The van der Waals surface area contributed by atoms with Crippen LogP contribution in [0.1, 0.15) is 139 Å². The molecule has 9 N–H and O–H groups in total. The smallest absolute Gasteiger partial charge is 0.390 e. The number of ether oxygens (including phenoxy) is 1. The van der Waals surface area contributed by atoms with E-state index in [-0.39, 0.29) is 117 Å². The fourth-order valence-corrected chi connectivity index (χ4v) is 16.7. The number of imidazole rings is 1.